The lowest BCUT2D eigenvalue weighted by Crippen LogP contribution is -2.46. The third-order valence-electron chi connectivity index (χ3n) is 2.91. The molecule has 3 rings (SSSR count). The molecule has 20 heavy (non-hydrogen) atoms. The van der Waals surface area contributed by atoms with Crippen LogP contribution in [0.3, 0.4) is 0 Å². The van der Waals surface area contributed by atoms with Crippen molar-refractivity contribution in [3.63, 3.8) is 0 Å². The molecule has 0 aromatic heterocycles. The highest BCUT2D eigenvalue weighted by atomic mass is 16.2. The third kappa shape index (κ3) is 2.59. The van der Waals surface area contributed by atoms with Crippen LogP contribution in [0.5, 0.6) is 0 Å². The van der Waals surface area contributed by atoms with Crippen molar-refractivity contribution >= 4 is 17.8 Å². The fourth-order valence-electron chi connectivity index (χ4n) is 1.92. The van der Waals surface area contributed by atoms with Crippen LogP contribution in [-0.2, 0) is 4.79 Å². The molecule has 0 fully saturated rings. The van der Waals surface area contributed by atoms with E-state index in [1.807, 2.05) is 60.7 Å². The number of nitrogens with one attached hydrogen (secondary N) is 2. The van der Waals surface area contributed by atoms with Crippen LogP contribution >= 0.6 is 0 Å². The van der Waals surface area contributed by atoms with E-state index >= 15 is 0 Å². The average Bonchev–Trinajstić information content (AvgIpc) is 2.51. The van der Waals surface area contributed by atoms with Gasteiger partial charge in [0.2, 0.25) is 0 Å². The Morgan fingerprint density at radius 3 is 2.20 bits per heavy atom. The number of nitrogens with zero attached hydrogens (tertiary/aromatic N) is 1. The first-order chi connectivity index (χ1) is 9.83. The number of benzene rings is 2. The molecule has 0 bridgehead atoms. The van der Waals surface area contributed by atoms with Crippen LogP contribution in [0.15, 0.2) is 71.4 Å². The topological polar surface area (TPSA) is 53.5 Å². The number of carbonyl (C=O) groups excluding carboxylic acids is 1. The number of aliphatic imine (C=N–C) groups is 1. The standard InChI is InChI=1S/C16H13N3O/c20-16-14(11-12-7-3-1-4-8-12)17-15(18-19-16)13-9-5-2-6-10-13/h1-11H,(H,17,18)(H,19,20)/b14-11-. The summed E-state index contributed by atoms with van der Waals surface area (Å²) >= 11 is 0. The lowest BCUT2D eigenvalue weighted by atomic mass is 10.1. The smallest absolute Gasteiger partial charge is 0.281 e. The molecule has 0 saturated heterocycles. The summed E-state index contributed by atoms with van der Waals surface area (Å²) in [6.45, 7) is 0. The van der Waals surface area contributed by atoms with Gasteiger partial charge in [0.05, 0.1) is 0 Å². The molecule has 0 spiro atoms. The van der Waals surface area contributed by atoms with Gasteiger partial charge >= 0.3 is 0 Å². The number of carbonyl (C=O) groups is 1. The molecule has 2 aromatic rings. The van der Waals surface area contributed by atoms with E-state index in [-0.39, 0.29) is 5.91 Å². The Bertz CT molecular complexity index is 675. The normalized spacial score (nSPS) is 16.3. The molecule has 4 nitrogen and oxygen atoms in total. The molecule has 4 heteroatoms. The van der Waals surface area contributed by atoms with Gasteiger partial charge in [0.25, 0.3) is 5.91 Å². The molecule has 2 N–H and O–H groups in total. The molecule has 0 saturated carbocycles. The van der Waals surface area contributed by atoms with E-state index in [4.69, 9.17) is 0 Å². The Hall–Kier alpha value is -2.88. The minimum absolute atomic E-state index is 0.242. The summed E-state index contributed by atoms with van der Waals surface area (Å²) in [5.74, 6) is 0.390. The van der Waals surface area contributed by atoms with E-state index in [0.717, 1.165) is 11.1 Å². The molecular formula is C16H13N3O. The third-order valence-corrected chi connectivity index (χ3v) is 2.91. The highest BCUT2D eigenvalue weighted by Crippen LogP contribution is 2.12. The Morgan fingerprint density at radius 2 is 1.50 bits per heavy atom. The van der Waals surface area contributed by atoms with Crippen molar-refractivity contribution < 1.29 is 4.79 Å². The van der Waals surface area contributed by atoms with Crippen LogP contribution in [0, 0.1) is 0 Å². The molecule has 1 aliphatic heterocycles. The summed E-state index contributed by atoms with van der Waals surface area (Å²) in [6.07, 6.45) is 1.76. The van der Waals surface area contributed by atoms with E-state index < -0.39 is 0 Å². The van der Waals surface area contributed by atoms with Crippen LogP contribution in [0.4, 0.5) is 0 Å². The monoisotopic (exact) mass is 263 g/mol. The lowest BCUT2D eigenvalue weighted by molar-refractivity contribution is -0.118. The molecule has 2 aromatic carbocycles. The van der Waals surface area contributed by atoms with Crippen LogP contribution < -0.4 is 10.9 Å². The quantitative estimate of drug-likeness (QED) is 0.815. The number of hydrogen-bond acceptors (Lipinski definition) is 3. The van der Waals surface area contributed by atoms with Crippen LogP contribution in [-0.4, -0.2) is 11.7 Å². The first-order valence-corrected chi connectivity index (χ1v) is 6.30. The molecule has 1 aliphatic rings. The maximum Gasteiger partial charge on any atom is 0.288 e. The lowest BCUT2D eigenvalue weighted by Gasteiger charge is -2.17. The van der Waals surface area contributed by atoms with Crippen LogP contribution in [0.2, 0.25) is 0 Å². The highest BCUT2D eigenvalue weighted by Gasteiger charge is 2.17. The maximum absolute atomic E-state index is 11.8. The summed E-state index contributed by atoms with van der Waals surface area (Å²) in [6, 6.07) is 19.3. The Balaban J connectivity index is 1.98. The summed E-state index contributed by atoms with van der Waals surface area (Å²) in [7, 11) is 0. The second kappa shape index (κ2) is 5.40. The number of rotatable bonds is 2. The molecule has 1 heterocycles. The van der Waals surface area contributed by atoms with Gasteiger partial charge in [-0.1, -0.05) is 60.7 Å². The van der Waals surface area contributed by atoms with Gasteiger partial charge in [-0.2, -0.15) is 0 Å². The van der Waals surface area contributed by atoms with Crippen molar-refractivity contribution in [2.45, 2.75) is 0 Å². The first-order valence-electron chi connectivity index (χ1n) is 6.30. The predicted molar refractivity (Wildman–Crippen MR) is 78.7 cm³/mol. The zero-order valence-corrected chi connectivity index (χ0v) is 10.7. The second-order valence-corrected chi connectivity index (χ2v) is 4.35. The number of hydrogen-bond donors (Lipinski definition) is 2. The summed E-state index contributed by atoms with van der Waals surface area (Å²) in [5, 5.41) is 0. The van der Waals surface area contributed by atoms with E-state index in [1.165, 1.54) is 0 Å². The van der Waals surface area contributed by atoms with Gasteiger partial charge in [-0.15, -0.1) is 0 Å². The fraction of sp³-hybridized carbons (Fsp3) is 0. The molecule has 1 amide bonds. The number of amides is 1. The SMILES string of the molecule is O=C1NNC(c2ccccc2)=N/C1=C\c1ccccc1. The minimum atomic E-state index is -0.242. The zero-order chi connectivity index (χ0) is 13.8. The van der Waals surface area contributed by atoms with E-state index in [2.05, 4.69) is 15.8 Å². The van der Waals surface area contributed by atoms with E-state index in [0.29, 0.717) is 11.5 Å². The van der Waals surface area contributed by atoms with Gasteiger partial charge in [0.1, 0.15) is 5.70 Å². The van der Waals surface area contributed by atoms with Gasteiger partial charge in [-0.05, 0) is 11.6 Å². The molecule has 0 unspecified atom stereocenters. The van der Waals surface area contributed by atoms with Crippen molar-refractivity contribution in [2.24, 2.45) is 4.99 Å². The molecule has 98 valence electrons. The average molecular weight is 263 g/mol. The maximum atomic E-state index is 11.8. The fourth-order valence-corrected chi connectivity index (χ4v) is 1.92. The summed E-state index contributed by atoms with van der Waals surface area (Å²) in [5.41, 5.74) is 7.67. The molecular weight excluding hydrogens is 250 g/mol. The van der Waals surface area contributed by atoms with Gasteiger partial charge in [-0.3, -0.25) is 15.6 Å². The van der Waals surface area contributed by atoms with Crippen molar-refractivity contribution in [3.05, 3.63) is 77.5 Å². The Morgan fingerprint density at radius 1 is 0.850 bits per heavy atom. The first kappa shape index (κ1) is 12.2. The Labute approximate surface area is 116 Å². The zero-order valence-electron chi connectivity index (χ0n) is 10.7. The van der Waals surface area contributed by atoms with E-state index in [1.54, 1.807) is 6.08 Å². The summed E-state index contributed by atoms with van der Waals surface area (Å²) < 4.78 is 0. The van der Waals surface area contributed by atoms with Crippen molar-refractivity contribution in [2.75, 3.05) is 0 Å². The van der Waals surface area contributed by atoms with Crippen LogP contribution in [0.1, 0.15) is 11.1 Å². The Kier molecular flexibility index (Phi) is 3.29. The van der Waals surface area contributed by atoms with Gasteiger partial charge in [0, 0.05) is 5.56 Å². The minimum Gasteiger partial charge on any atom is -0.281 e. The number of hydrazine groups is 1. The van der Waals surface area contributed by atoms with Crippen molar-refractivity contribution in [1.29, 1.82) is 0 Å². The van der Waals surface area contributed by atoms with Crippen molar-refractivity contribution in [1.82, 2.24) is 10.9 Å². The van der Waals surface area contributed by atoms with E-state index in [9.17, 15) is 4.79 Å². The summed E-state index contributed by atoms with van der Waals surface area (Å²) in [4.78, 5) is 16.2. The second-order valence-electron chi connectivity index (χ2n) is 4.35. The van der Waals surface area contributed by atoms with Gasteiger partial charge in [-0.25, -0.2) is 4.99 Å². The number of amidine groups is 1. The molecule has 0 aliphatic carbocycles. The largest absolute Gasteiger partial charge is 0.288 e. The van der Waals surface area contributed by atoms with Gasteiger partial charge < -0.3 is 0 Å². The molecule has 0 radical (unpaired) electrons. The molecule has 0 atom stereocenters. The van der Waals surface area contributed by atoms with Gasteiger partial charge in [0.15, 0.2) is 5.84 Å². The van der Waals surface area contributed by atoms with Crippen LogP contribution in [0.25, 0.3) is 6.08 Å². The van der Waals surface area contributed by atoms with Crippen molar-refractivity contribution in [3.8, 4) is 0 Å². The highest BCUT2D eigenvalue weighted by molar-refractivity contribution is 6.09. The predicted octanol–water partition coefficient (Wildman–Crippen LogP) is 2.11.